The lowest BCUT2D eigenvalue weighted by Gasteiger charge is -2.08. The molecule has 3 aromatic carbocycles. The van der Waals surface area contributed by atoms with Crippen molar-refractivity contribution in [3.05, 3.63) is 102 Å². The molecule has 34 heavy (non-hydrogen) atoms. The Morgan fingerprint density at radius 2 is 1.47 bits per heavy atom. The number of nitrogens with zero attached hydrogens (tertiary/aromatic N) is 2. The Labute approximate surface area is 198 Å². The minimum absolute atomic E-state index is 0.210. The highest BCUT2D eigenvalue weighted by atomic mass is 16.5. The Morgan fingerprint density at radius 3 is 2.15 bits per heavy atom. The van der Waals surface area contributed by atoms with Crippen molar-refractivity contribution >= 4 is 11.6 Å². The molecular weight excluding hydrogens is 430 g/mol. The second-order valence-electron chi connectivity index (χ2n) is 7.65. The van der Waals surface area contributed by atoms with Crippen molar-refractivity contribution in [2.24, 2.45) is 0 Å². The van der Waals surface area contributed by atoms with Crippen molar-refractivity contribution in [2.75, 3.05) is 12.4 Å². The van der Waals surface area contributed by atoms with E-state index in [1.807, 2.05) is 60.7 Å². The highest BCUT2D eigenvalue weighted by molar-refractivity contribution is 6.04. The molecule has 7 heteroatoms. The molecule has 174 valence electrons. The van der Waals surface area contributed by atoms with Crippen LogP contribution in [0.25, 0.3) is 0 Å². The molecular formula is C27H27N3O4. The first-order valence-corrected chi connectivity index (χ1v) is 11.0. The lowest BCUT2D eigenvalue weighted by atomic mass is 10.1. The first kappa shape index (κ1) is 22.9. The molecule has 1 heterocycles. The standard InChI is InChI=1S/C27H27N3O4/c1-3-20-6-10-26(11-7-20)34-19-30-17-23(16-28-30)29-27(31)22-8-4-21(5-9-22)18-33-25-14-12-24(32-2)13-15-25/h4-17H,3,18-19H2,1-2H3,(H,29,31). The minimum Gasteiger partial charge on any atom is -0.497 e. The first-order chi connectivity index (χ1) is 16.6. The summed E-state index contributed by atoms with van der Waals surface area (Å²) in [6, 6.07) is 22.7. The summed E-state index contributed by atoms with van der Waals surface area (Å²) < 4.78 is 18.3. The zero-order valence-electron chi connectivity index (χ0n) is 19.2. The van der Waals surface area contributed by atoms with Crippen LogP contribution in [0.1, 0.15) is 28.4 Å². The molecule has 1 aromatic heterocycles. The van der Waals surface area contributed by atoms with Crippen LogP contribution >= 0.6 is 0 Å². The highest BCUT2D eigenvalue weighted by Gasteiger charge is 2.08. The molecule has 0 unspecified atom stereocenters. The Balaban J connectivity index is 1.26. The van der Waals surface area contributed by atoms with Gasteiger partial charge in [0.05, 0.1) is 25.2 Å². The number of amides is 1. The van der Waals surface area contributed by atoms with Gasteiger partial charge in [-0.15, -0.1) is 0 Å². The summed E-state index contributed by atoms with van der Waals surface area (Å²) in [5.74, 6) is 2.09. The smallest absolute Gasteiger partial charge is 0.255 e. The van der Waals surface area contributed by atoms with Gasteiger partial charge < -0.3 is 19.5 Å². The number of hydrogen-bond acceptors (Lipinski definition) is 5. The molecule has 0 fully saturated rings. The van der Waals surface area contributed by atoms with Crippen molar-refractivity contribution in [3.8, 4) is 17.2 Å². The van der Waals surface area contributed by atoms with Gasteiger partial charge in [-0.3, -0.25) is 4.79 Å². The van der Waals surface area contributed by atoms with E-state index in [1.54, 1.807) is 36.3 Å². The van der Waals surface area contributed by atoms with Gasteiger partial charge in [0.25, 0.3) is 5.91 Å². The molecule has 1 amide bonds. The predicted molar refractivity (Wildman–Crippen MR) is 130 cm³/mol. The van der Waals surface area contributed by atoms with E-state index < -0.39 is 0 Å². The quantitative estimate of drug-likeness (QED) is 0.349. The van der Waals surface area contributed by atoms with Crippen molar-refractivity contribution in [1.29, 1.82) is 0 Å². The number of rotatable bonds is 10. The number of anilines is 1. The summed E-state index contributed by atoms with van der Waals surface area (Å²) in [5, 5.41) is 7.10. The lowest BCUT2D eigenvalue weighted by molar-refractivity contribution is 0.102. The van der Waals surface area contributed by atoms with E-state index in [4.69, 9.17) is 14.2 Å². The molecule has 0 saturated carbocycles. The largest absolute Gasteiger partial charge is 0.497 e. The predicted octanol–water partition coefficient (Wildman–Crippen LogP) is 5.32. The fourth-order valence-corrected chi connectivity index (χ4v) is 3.26. The van der Waals surface area contributed by atoms with Crippen LogP contribution in [0.5, 0.6) is 17.2 Å². The van der Waals surface area contributed by atoms with Gasteiger partial charge in [-0.2, -0.15) is 5.10 Å². The normalized spacial score (nSPS) is 10.5. The van der Waals surface area contributed by atoms with Crippen LogP contribution in [0.4, 0.5) is 5.69 Å². The van der Waals surface area contributed by atoms with Crippen molar-refractivity contribution < 1.29 is 19.0 Å². The summed E-state index contributed by atoms with van der Waals surface area (Å²) in [7, 11) is 1.63. The van der Waals surface area contributed by atoms with Crippen LogP contribution in [0.2, 0.25) is 0 Å². The van der Waals surface area contributed by atoms with Crippen molar-refractivity contribution in [2.45, 2.75) is 26.7 Å². The van der Waals surface area contributed by atoms with Crippen molar-refractivity contribution in [1.82, 2.24) is 9.78 Å². The number of carbonyl (C=O) groups is 1. The van der Waals surface area contributed by atoms with Crippen LogP contribution in [-0.2, 0) is 19.8 Å². The van der Waals surface area contributed by atoms with Gasteiger partial charge >= 0.3 is 0 Å². The van der Waals surface area contributed by atoms with Crippen LogP contribution in [0, 0.1) is 0 Å². The topological polar surface area (TPSA) is 74.6 Å². The second kappa shape index (κ2) is 11.0. The van der Waals surface area contributed by atoms with Gasteiger partial charge in [0.15, 0.2) is 6.73 Å². The molecule has 4 rings (SSSR count). The number of benzene rings is 3. The highest BCUT2D eigenvalue weighted by Crippen LogP contribution is 2.19. The molecule has 0 bridgehead atoms. The van der Waals surface area contributed by atoms with Gasteiger partial charge in [0, 0.05) is 5.56 Å². The lowest BCUT2D eigenvalue weighted by Crippen LogP contribution is -2.11. The molecule has 0 radical (unpaired) electrons. The van der Waals surface area contributed by atoms with E-state index >= 15 is 0 Å². The van der Waals surface area contributed by atoms with Crippen LogP contribution in [0.3, 0.4) is 0 Å². The number of aromatic nitrogens is 2. The van der Waals surface area contributed by atoms with E-state index in [0.29, 0.717) is 17.9 Å². The monoisotopic (exact) mass is 457 g/mol. The van der Waals surface area contributed by atoms with Crippen molar-refractivity contribution in [3.63, 3.8) is 0 Å². The van der Waals surface area contributed by atoms with Crippen LogP contribution < -0.4 is 19.5 Å². The Morgan fingerprint density at radius 1 is 0.853 bits per heavy atom. The van der Waals surface area contributed by atoms with Gasteiger partial charge in [-0.05, 0) is 66.1 Å². The molecule has 0 saturated heterocycles. The molecule has 0 aliphatic heterocycles. The number of hydrogen-bond donors (Lipinski definition) is 1. The van der Waals surface area contributed by atoms with E-state index in [9.17, 15) is 4.79 Å². The number of carbonyl (C=O) groups excluding carboxylic acids is 1. The summed E-state index contributed by atoms with van der Waals surface area (Å²) in [5.41, 5.74) is 3.37. The maximum atomic E-state index is 12.6. The molecule has 0 spiro atoms. The third kappa shape index (κ3) is 6.16. The second-order valence-corrected chi connectivity index (χ2v) is 7.65. The van der Waals surface area contributed by atoms with E-state index in [0.717, 1.165) is 29.2 Å². The molecule has 0 aliphatic rings. The zero-order chi connectivity index (χ0) is 23.8. The third-order valence-electron chi connectivity index (χ3n) is 5.27. The Kier molecular flexibility index (Phi) is 7.45. The van der Waals surface area contributed by atoms with Gasteiger partial charge in [-0.1, -0.05) is 31.2 Å². The SMILES string of the molecule is CCc1ccc(OCn2cc(NC(=O)c3ccc(COc4ccc(OC)cc4)cc3)cn2)cc1. The number of aryl methyl sites for hydroxylation is 1. The molecule has 7 nitrogen and oxygen atoms in total. The van der Waals surface area contributed by atoms with Gasteiger partial charge in [-0.25, -0.2) is 4.68 Å². The van der Waals surface area contributed by atoms with E-state index in [2.05, 4.69) is 17.3 Å². The summed E-state index contributed by atoms with van der Waals surface area (Å²) in [6.45, 7) is 2.77. The maximum absolute atomic E-state index is 12.6. The van der Waals surface area contributed by atoms with Gasteiger partial charge in [0.2, 0.25) is 0 Å². The average molecular weight is 458 g/mol. The van der Waals surface area contributed by atoms with Crippen LogP contribution in [0.15, 0.2) is 85.2 Å². The molecule has 4 aromatic rings. The number of nitrogens with one attached hydrogen (secondary N) is 1. The van der Waals surface area contributed by atoms with Gasteiger partial charge in [0.1, 0.15) is 23.9 Å². The summed E-state index contributed by atoms with van der Waals surface area (Å²) in [4.78, 5) is 12.6. The van der Waals surface area contributed by atoms with E-state index in [-0.39, 0.29) is 12.6 Å². The number of ether oxygens (including phenoxy) is 3. The fourth-order valence-electron chi connectivity index (χ4n) is 3.26. The van der Waals surface area contributed by atoms with E-state index in [1.165, 1.54) is 5.56 Å². The summed E-state index contributed by atoms with van der Waals surface area (Å²) in [6.07, 6.45) is 4.32. The Bertz CT molecular complexity index is 1200. The Hall–Kier alpha value is -4.26. The third-order valence-corrected chi connectivity index (χ3v) is 5.27. The molecule has 0 aliphatic carbocycles. The average Bonchev–Trinajstić information content (AvgIpc) is 3.34. The molecule has 1 N–H and O–H groups in total. The fraction of sp³-hybridized carbons (Fsp3) is 0.185. The minimum atomic E-state index is -0.210. The first-order valence-electron chi connectivity index (χ1n) is 11.0. The van der Waals surface area contributed by atoms with Crippen LogP contribution in [-0.4, -0.2) is 22.8 Å². The molecule has 0 atom stereocenters. The zero-order valence-corrected chi connectivity index (χ0v) is 19.2. The summed E-state index contributed by atoms with van der Waals surface area (Å²) >= 11 is 0. The maximum Gasteiger partial charge on any atom is 0.255 e. The number of methoxy groups -OCH3 is 1.